The second-order valence-electron chi connectivity index (χ2n) is 5.11. The average Bonchev–Trinajstić information content (AvgIpc) is 2.95. The molecule has 2 aromatic rings. The van der Waals surface area contributed by atoms with E-state index < -0.39 is 0 Å². The van der Waals surface area contributed by atoms with Crippen molar-refractivity contribution in [2.45, 2.75) is 19.9 Å². The Hall–Kier alpha value is -1.95. The number of aliphatic hydroxyl groups excluding tert-OH is 1. The lowest BCUT2D eigenvalue weighted by molar-refractivity contribution is 0.236. The number of aromatic nitrogens is 4. The third kappa shape index (κ3) is 2.08. The van der Waals surface area contributed by atoms with Gasteiger partial charge in [-0.05, 0) is 19.3 Å². The number of hydrogen-bond acceptors (Lipinski definition) is 5. The first-order chi connectivity index (χ1) is 9.19. The molecule has 3 rings (SSSR count). The van der Waals surface area contributed by atoms with Gasteiger partial charge in [-0.2, -0.15) is 0 Å². The largest absolute Gasteiger partial charge is 0.396 e. The zero-order valence-electron chi connectivity index (χ0n) is 10.8. The minimum atomic E-state index is 0.221. The van der Waals surface area contributed by atoms with E-state index in [0.717, 1.165) is 18.6 Å². The summed E-state index contributed by atoms with van der Waals surface area (Å²) in [5.74, 6) is 1.11. The van der Waals surface area contributed by atoms with Crippen LogP contribution in [0.5, 0.6) is 0 Å². The maximum absolute atomic E-state index is 9.29. The molecule has 19 heavy (non-hydrogen) atoms. The first-order valence-corrected chi connectivity index (χ1v) is 6.39. The average molecular weight is 259 g/mol. The molecule has 0 saturated heterocycles. The van der Waals surface area contributed by atoms with Crippen molar-refractivity contribution in [3.05, 3.63) is 24.3 Å². The smallest absolute Gasteiger partial charge is 0.165 e. The minimum Gasteiger partial charge on any atom is -0.396 e. The van der Waals surface area contributed by atoms with Gasteiger partial charge in [0.15, 0.2) is 11.5 Å². The highest BCUT2D eigenvalue weighted by atomic mass is 16.3. The van der Waals surface area contributed by atoms with E-state index in [1.54, 1.807) is 6.33 Å². The van der Waals surface area contributed by atoms with Crippen LogP contribution in [0.4, 0.5) is 5.82 Å². The van der Waals surface area contributed by atoms with Crippen molar-refractivity contribution in [2.75, 3.05) is 12.3 Å². The molecule has 0 aliphatic heterocycles. The van der Waals surface area contributed by atoms with Gasteiger partial charge in [0, 0.05) is 19.1 Å². The molecule has 0 amide bonds. The van der Waals surface area contributed by atoms with E-state index in [1.807, 2.05) is 4.57 Å². The Morgan fingerprint density at radius 1 is 1.42 bits per heavy atom. The van der Waals surface area contributed by atoms with Gasteiger partial charge in [0.25, 0.3) is 0 Å². The van der Waals surface area contributed by atoms with Crippen LogP contribution in [0.1, 0.15) is 13.3 Å². The van der Waals surface area contributed by atoms with Crippen molar-refractivity contribution in [3.8, 4) is 0 Å². The molecule has 3 N–H and O–H groups in total. The quantitative estimate of drug-likeness (QED) is 0.802. The Kier molecular flexibility index (Phi) is 2.94. The van der Waals surface area contributed by atoms with E-state index in [2.05, 4.69) is 28.0 Å². The summed E-state index contributed by atoms with van der Waals surface area (Å²) in [6.07, 6.45) is 6.42. The molecule has 100 valence electrons. The summed E-state index contributed by atoms with van der Waals surface area (Å²) in [7, 11) is 0. The number of imidazole rings is 1. The SMILES string of the molecule is CC1=C[C@H](Cn2cnc3c(N)ncnc32)C[C@@H]1CO. The predicted octanol–water partition coefficient (Wildman–Crippen LogP) is 0.983. The lowest BCUT2D eigenvalue weighted by atomic mass is 10.0. The summed E-state index contributed by atoms with van der Waals surface area (Å²) in [6, 6.07) is 0. The van der Waals surface area contributed by atoms with Gasteiger partial charge in [0.05, 0.1) is 6.33 Å². The Morgan fingerprint density at radius 2 is 2.26 bits per heavy atom. The summed E-state index contributed by atoms with van der Waals surface area (Å²) in [5, 5.41) is 9.29. The van der Waals surface area contributed by atoms with Crippen LogP contribution in [0.15, 0.2) is 24.3 Å². The predicted molar refractivity (Wildman–Crippen MR) is 72.2 cm³/mol. The number of fused-ring (bicyclic) bond motifs is 1. The molecular formula is C13H17N5O. The van der Waals surface area contributed by atoms with Gasteiger partial charge in [-0.25, -0.2) is 15.0 Å². The van der Waals surface area contributed by atoms with Gasteiger partial charge in [-0.15, -0.1) is 0 Å². The van der Waals surface area contributed by atoms with Crippen molar-refractivity contribution in [3.63, 3.8) is 0 Å². The number of allylic oxidation sites excluding steroid dienone is 1. The molecule has 2 atom stereocenters. The summed E-state index contributed by atoms with van der Waals surface area (Å²) < 4.78 is 2.00. The van der Waals surface area contributed by atoms with E-state index in [9.17, 15) is 5.11 Å². The second-order valence-corrected chi connectivity index (χ2v) is 5.11. The number of aliphatic hydroxyl groups is 1. The maximum atomic E-state index is 9.29. The fraction of sp³-hybridized carbons (Fsp3) is 0.462. The molecule has 6 nitrogen and oxygen atoms in total. The number of nitrogens with two attached hydrogens (primary N) is 1. The van der Waals surface area contributed by atoms with Gasteiger partial charge < -0.3 is 15.4 Å². The first kappa shape index (κ1) is 12.1. The zero-order valence-corrected chi connectivity index (χ0v) is 10.8. The van der Waals surface area contributed by atoms with Crippen molar-refractivity contribution < 1.29 is 5.11 Å². The van der Waals surface area contributed by atoms with Gasteiger partial charge in [0.1, 0.15) is 11.8 Å². The number of nitrogens with zero attached hydrogens (tertiary/aromatic N) is 4. The van der Waals surface area contributed by atoms with Crippen LogP contribution in [0, 0.1) is 11.8 Å². The monoisotopic (exact) mass is 259 g/mol. The maximum Gasteiger partial charge on any atom is 0.165 e. The molecule has 0 unspecified atom stereocenters. The van der Waals surface area contributed by atoms with Crippen LogP contribution < -0.4 is 5.73 Å². The van der Waals surface area contributed by atoms with Crippen molar-refractivity contribution >= 4 is 17.0 Å². The third-order valence-electron chi connectivity index (χ3n) is 3.81. The van der Waals surface area contributed by atoms with Crippen LogP contribution in [0.2, 0.25) is 0 Å². The van der Waals surface area contributed by atoms with E-state index in [1.165, 1.54) is 11.9 Å². The fourth-order valence-electron chi connectivity index (χ4n) is 2.76. The van der Waals surface area contributed by atoms with E-state index in [-0.39, 0.29) is 6.61 Å². The zero-order chi connectivity index (χ0) is 13.4. The van der Waals surface area contributed by atoms with Crippen LogP contribution >= 0.6 is 0 Å². The van der Waals surface area contributed by atoms with Crippen molar-refractivity contribution in [1.29, 1.82) is 0 Å². The molecule has 1 aliphatic rings. The molecule has 0 aromatic carbocycles. The highest BCUT2D eigenvalue weighted by molar-refractivity contribution is 5.81. The summed E-state index contributed by atoms with van der Waals surface area (Å²) in [5.41, 5.74) is 8.46. The van der Waals surface area contributed by atoms with Crippen LogP contribution in [-0.4, -0.2) is 31.2 Å². The van der Waals surface area contributed by atoms with E-state index in [4.69, 9.17) is 5.73 Å². The second kappa shape index (κ2) is 4.62. The Labute approximate surface area is 111 Å². The van der Waals surface area contributed by atoms with E-state index in [0.29, 0.717) is 23.2 Å². The molecule has 0 spiro atoms. The summed E-state index contributed by atoms with van der Waals surface area (Å²) >= 11 is 0. The topological polar surface area (TPSA) is 89.9 Å². The lowest BCUT2D eigenvalue weighted by Gasteiger charge is -2.11. The highest BCUT2D eigenvalue weighted by Gasteiger charge is 2.24. The number of rotatable bonds is 3. The molecule has 2 aromatic heterocycles. The molecule has 0 radical (unpaired) electrons. The van der Waals surface area contributed by atoms with E-state index >= 15 is 0 Å². The van der Waals surface area contributed by atoms with Crippen LogP contribution in [0.3, 0.4) is 0 Å². The van der Waals surface area contributed by atoms with Crippen molar-refractivity contribution in [1.82, 2.24) is 19.5 Å². The van der Waals surface area contributed by atoms with Crippen LogP contribution in [0.25, 0.3) is 11.2 Å². The molecule has 2 heterocycles. The van der Waals surface area contributed by atoms with Crippen molar-refractivity contribution in [2.24, 2.45) is 11.8 Å². The van der Waals surface area contributed by atoms with Crippen LogP contribution in [-0.2, 0) is 6.54 Å². The third-order valence-corrected chi connectivity index (χ3v) is 3.81. The molecule has 0 fully saturated rings. The molecule has 0 bridgehead atoms. The highest BCUT2D eigenvalue weighted by Crippen LogP contribution is 2.31. The summed E-state index contributed by atoms with van der Waals surface area (Å²) in [4.78, 5) is 12.4. The van der Waals surface area contributed by atoms with Gasteiger partial charge >= 0.3 is 0 Å². The Morgan fingerprint density at radius 3 is 3.00 bits per heavy atom. The standard InChI is InChI=1S/C13H17N5O/c1-8-2-9(3-10(8)5-19)4-18-7-17-11-12(14)15-6-16-13(11)18/h2,6-7,9-10,19H,3-5H2,1H3,(H2,14,15,16)/t9-,10+/m0/s1. The molecular weight excluding hydrogens is 242 g/mol. The number of anilines is 1. The van der Waals surface area contributed by atoms with Gasteiger partial charge in [-0.3, -0.25) is 0 Å². The normalized spacial score (nSPS) is 22.9. The number of hydrogen-bond donors (Lipinski definition) is 2. The Balaban J connectivity index is 1.85. The minimum absolute atomic E-state index is 0.221. The van der Waals surface area contributed by atoms with Gasteiger partial charge in [-0.1, -0.05) is 11.6 Å². The first-order valence-electron chi connectivity index (χ1n) is 6.39. The number of nitrogen functional groups attached to an aromatic ring is 1. The fourth-order valence-corrected chi connectivity index (χ4v) is 2.76. The molecule has 1 aliphatic carbocycles. The van der Waals surface area contributed by atoms with Gasteiger partial charge in [0.2, 0.25) is 0 Å². The lowest BCUT2D eigenvalue weighted by Crippen LogP contribution is -2.10. The summed E-state index contributed by atoms with van der Waals surface area (Å²) in [6.45, 7) is 3.10. The molecule has 6 heteroatoms. The molecule has 0 saturated carbocycles. The Bertz CT molecular complexity index is 633.